The zero-order chi connectivity index (χ0) is 51.5. The van der Waals surface area contributed by atoms with Gasteiger partial charge in [0.1, 0.15) is 25.5 Å². The Hall–Kier alpha value is -4.20. The Bertz CT molecular complexity index is 1450. The van der Waals surface area contributed by atoms with E-state index >= 15 is 0 Å². The standard InChI is InChI=1S/C51H91N5O14/c1-3-40(2)44(37-57)55-48(61)39-70-35-33-68-31-29-53-47(60)38-69-34-32-67-30-28-52-46(59)27-26-43(51(65)66)56-50(64)42-24-22-41(23-25-42)36-54-45(58)20-18-16-14-12-10-8-6-4-5-7-9-11-13-15-17-19-21-49(62)63/h37,40-44H,3-36,38-39H2,1-2H3,(H,52,59)(H,53,60)(H,54,58)(H,55,61)(H,56,64)(H,62,63)(H,65,66)/t40-,41?,42?,43?,44-/m1/s1. The molecule has 7 N–H and O–H groups in total. The van der Waals surface area contributed by atoms with Gasteiger partial charge in [-0.25, -0.2) is 4.79 Å². The summed E-state index contributed by atoms with van der Waals surface area (Å²) in [5.74, 6) is -3.23. The molecule has 70 heavy (non-hydrogen) atoms. The smallest absolute Gasteiger partial charge is 0.326 e. The molecular weight excluding hydrogens is 907 g/mol. The van der Waals surface area contributed by atoms with Crippen molar-refractivity contribution in [1.29, 1.82) is 0 Å². The highest BCUT2D eigenvalue weighted by atomic mass is 16.5. The van der Waals surface area contributed by atoms with Crippen molar-refractivity contribution < 1.29 is 67.5 Å². The Morgan fingerprint density at radius 2 is 1.00 bits per heavy atom. The highest BCUT2D eigenvalue weighted by molar-refractivity contribution is 5.86. The summed E-state index contributed by atoms with van der Waals surface area (Å²) >= 11 is 0. The lowest BCUT2D eigenvalue weighted by Gasteiger charge is -2.28. The molecule has 404 valence electrons. The number of ether oxygens (including phenoxy) is 4. The summed E-state index contributed by atoms with van der Waals surface area (Å²) in [7, 11) is 0. The van der Waals surface area contributed by atoms with Crippen molar-refractivity contribution in [1.82, 2.24) is 26.6 Å². The number of carbonyl (C=O) groups excluding carboxylic acids is 6. The number of carboxylic acid groups (broad SMARTS) is 2. The van der Waals surface area contributed by atoms with Gasteiger partial charge in [-0.3, -0.25) is 28.8 Å². The molecule has 0 bridgehead atoms. The molecule has 5 amide bonds. The number of amides is 5. The van der Waals surface area contributed by atoms with Gasteiger partial charge in [-0.2, -0.15) is 0 Å². The van der Waals surface area contributed by atoms with Gasteiger partial charge in [0.2, 0.25) is 29.5 Å². The summed E-state index contributed by atoms with van der Waals surface area (Å²) in [4.78, 5) is 95.2. The van der Waals surface area contributed by atoms with Gasteiger partial charge < -0.3 is 60.5 Å². The zero-order valence-electron chi connectivity index (χ0n) is 42.7. The summed E-state index contributed by atoms with van der Waals surface area (Å²) in [6.07, 6.45) is 23.6. The number of nitrogens with one attached hydrogen (secondary N) is 5. The van der Waals surface area contributed by atoms with Crippen LogP contribution >= 0.6 is 0 Å². The first kappa shape index (κ1) is 63.8. The van der Waals surface area contributed by atoms with E-state index < -0.39 is 24.0 Å². The first-order valence-corrected chi connectivity index (χ1v) is 26.5. The van der Waals surface area contributed by atoms with Crippen molar-refractivity contribution in [2.45, 2.75) is 186 Å². The lowest BCUT2D eigenvalue weighted by Crippen LogP contribution is -2.45. The highest BCUT2D eigenvalue weighted by Gasteiger charge is 2.30. The van der Waals surface area contributed by atoms with Crippen molar-refractivity contribution in [3.63, 3.8) is 0 Å². The van der Waals surface area contributed by atoms with Crippen molar-refractivity contribution in [3.8, 4) is 0 Å². The molecule has 0 saturated heterocycles. The molecule has 1 rings (SSSR count). The number of aldehydes is 1. The number of aliphatic carboxylic acids is 2. The number of hydrogen-bond acceptors (Lipinski definition) is 12. The predicted octanol–water partition coefficient (Wildman–Crippen LogP) is 5.39. The number of rotatable bonds is 47. The largest absolute Gasteiger partial charge is 0.481 e. The Morgan fingerprint density at radius 3 is 1.49 bits per heavy atom. The van der Waals surface area contributed by atoms with Crippen LogP contribution in [0.2, 0.25) is 0 Å². The monoisotopic (exact) mass is 998 g/mol. The molecule has 19 nitrogen and oxygen atoms in total. The SMILES string of the molecule is CC[C@@H](C)[C@@H](C=O)NC(=O)COCCOCCNC(=O)COCCOCCNC(=O)CCC(NC(=O)C1CCC(CNC(=O)CCCCCCCCCCCCCCCCCCC(=O)O)CC1)C(=O)O. The minimum atomic E-state index is -1.20. The minimum Gasteiger partial charge on any atom is -0.481 e. The van der Waals surface area contributed by atoms with E-state index in [2.05, 4.69) is 26.6 Å². The average molecular weight is 998 g/mol. The molecule has 0 aliphatic heterocycles. The third kappa shape index (κ3) is 36.7. The van der Waals surface area contributed by atoms with Crippen LogP contribution in [0.25, 0.3) is 0 Å². The summed E-state index contributed by atoms with van der Waals surface area (Å²) in [5.41, 5.74) is 0. The summed E-state index contributed by atoms with van der Waals surface area (Å²) in [5, 5.41) is 32.0. The fourth-order valence-corrected chi connectivity index (χ4v) is 8.06. The Kier molecular flexibility index (Phi) is 39.7. The molecule has 1 aliphatic rings. The topological polar surface area (TPSA) is 274 Å². The second-order valence-electron chi connectivity index (χ2n) is 18.7. The molecule has 0 spiro atoms. The number of carboxylic acids is 2. The zero-order valence-corrected chi connectivity index (χ0v) is 42.7. The summed E-state index contributed by atoms with van der Waals surface area (Å²) in [6, 6.07) is -1.73. The normalized spacial score (nSPS) is 15.8. The predicted molar refractivity (Wildman–Crippen MR) is 265 cm³/mol. The first-order valence-electron chi connectivity index (χ1n) is 26.5. The van der Waals surface area contributed by atoms with Crippen LogP contribution < -0.4 is 26.6 Å². The lowest BCUT2D eigenvalue weighted by atomic mass is 9.81. The molecule has 0 aromatic carbocycles. The van der Waals surface area contributed by atoms with E-state index in [0.717, 1.165) is 64.1 Å². The van der Waals surface area contributed by atoms with Gasteiger partial charge in [-0.05, 0) is 56.8 Å². The number of carbonyl (C=O) groups is 8. The van der Waals surface area contributed by atoms with Gasteiger partial charge in [0.05, 0.1) is 45.7 Å². The van der Waals surface area contributed by atoms with Crippen molar-refractivity contribution >= 4 is 47.8 Å². The quantitative estimate of drug-likeness (QED) is 0.0298. The highest BCUT2D eigenvalue weighted by Crippen LogP contribution is 2.29. The van der Waals surface area contributed by atoms with Gasteiger partial charge in [-0.1, -0.05) is 110 Å². The van der Waals surface area contributed by atoms with E-state index in [1.807, 2.05) is 13.8 Å². The fourth-order valence-electron chi connectivity index (χ4n) is 8.06. The van der Waals surface area contributed by atoms with Gasteiger partial charge >= 0.3 is 11.9 Å². The maximum absolute atomic E-state index is 13.0. The Morgan fingerprint density at radius 1 is 0.543 bits per heavy atom. The molecule has 1 unspecified atom stereocenters. The molecule has 1 saturated carbocycles. The van der Waals surface area contributed by atoms with Gasteiger partial charge in [-0.15, -0.1) is 0 Å². The lowest BCUT2D eigenvalue weighted by molar-refractivity contribution is -0.143. The third-order valence-corrected chi connectivity index (χ3v) is 12.7. The van der Waals surface area contributed by atoms with Crippen LogP contribution in [-0.4, -0.2) is 143 Å². The van der Waals surface area contributed by atoms with Crippen LogP contribution in [0.4, 0.5) is 0 Å². The fraction of sp³-hybridized carbons (Fsp3) is 0.843. The van der Waals surface area contributed by atoms with Crippen LogP contribution in [0.5, 0.6) is 0 Å². The Balaban J connectivity index is 2.00. The second-order valence-corrected chi connectivity index (χ2v) is 18.7. The molecule has 1 aliphatic carbocycles. The third-order valence-electron chi connectivity index (χ3n) is 12.7. The summed E-state index contributed by atoms with van der Waals surface area (Å²) < 4.78 is 21.3. The van der Waals surface area contributed by atoms with E-state index in [-0.39, 0.29) is 126 Å². The van der Waals surface area contributed by atoms with Gasteiger partial charge in [0, 0.05) is 44.8 Å². The van der Waals surface area contributed by atoms with Crippen LogP contribution in [0.3, 0.4) is 0 Å². The first-order chi connectivity index (χ1) is 33.9. The van der Waals surface area contributed by atoms with Crippen LogP contribution in [-0.2, 0) is 57.3 Å². The molecule has 1 fully saturated rings. The van der Waals surface area contributed by atoms with E-state index in [9.17, 15) is 43.5 Å². The summed E-state index contributed by atoms with van der Waals surface area (Å²) in [6.45, 7) is 5.66. The van der Waals surface area contributed by atoms with E-state index in [0.29, 0.717) is 32.2 Å². The van der Waals surface area contributed by atoms with Gasteiger partial charge in [0.15, 0.2) is 0 Å². The van der Waals surface area contributed by atoms with Crippen molar-refractivity contribution in [2.75, 3.05) is 72.5 Å². The maximum Gasteiger partial charge on any atom is 0.326 e. The van der Waals surface area contributed by atoms with Crippen molar-refractivity contribution in [3.05, 3.63) is 0 Å². The molecule has 0 aromatic heterocycles. The van der Waals surface area contributed by atoms with Crippen molar-refractivity contribution in [2.24, 2.45) is 17.8 Å². The number of unbranched alkanes of at least 4 members (excludes halogenated alkanes) is 15. The van der Waals surface area contributed by atoms with Gasteiger partial charge in [0.25, 0.3) is 0 Å². The van der Waals surface area contributed by atoms with E-state index in [4.69, 9.17) is 24.1 Å². The minimum absolute atomic E-state index is 0.0337. The van der Waals surface area contributed by atoms with Crippen LogP contribution in [0.15, 0.2) is 0 Å². The molecule has 0 heterocycles. The molecular formula is C51H91N5O14. The molecule has 3 atom stereocenters. The molecule has 19 heteroatoms. The Labute approximate surface area is 417 Å². The maximum atomic E-state index is 13.0. The van der Waals surface area contributed by atoms with Crippen LogP contribution in [0.1, 0.15) is 174 Å². The van der Waals surface area contributed by atoms with E-state index in [1.54, 1.807) is 0 Å². The molecule has 0 aromatic rings. The van der Waals surface area contributed by atoms with Crippen LogP contribution in [0, 0.1) is 17.8 Å². The van der Waals surface area contributed by atoms with E-state index in [1.165, 1.54) is 64.2 Å². The molecule has 0 radical (unpaired) electrons. The average Bonchev–Trinajstić information content (AvgIpc) is 3.34. The number of hydrogen-bond donors (Lipinski definition) is 7. The second kappa shape index (κ2) is 43.6.